The van der Waals surface area contributed by atoms with Gasteiger partial charge in [-0.05, 0) is 25.1 Å². The lowest BCUT2D eigenvalue weighted by Crippen LogP contribution is -2.14. The molecule has 0 fully saturated rings. The molecule has 0 aliphatic rings. The molecule has 30 heavy (non-hydrogen) atoms. The third kappa shape index (κ3) is 5.01. The van der Waals surface area contributed by atoms with Crippen LogP contribution in [0.5, 0.6) is 0 Å². The second kappa shape index (κ2) is 9.49. The van der Waals surface area contributed by atoms with E-state index in [2.05, 4.69) is 10.3 Å². The molecular formula is C22H17F3N2O2S. The first kappa shape index (κ1) is 21.4. The Morgan fingerprint density at radius 1 is 1.07 bits per heavy atom. The number of thiocarbonyl (C=S) groups is 1. The van der Waals surface area contributed by atoms with Gasteiger partial charge in [-0.2, -0.15) is 0 Å². The number of rotatable bonds is 7. The number of anilines is 2. The van der Waals surface area contributed by atoms with Crippen LogP contribution < -0.4 is 5.32 Å². The lowest BCUT2D eigenvalue weighted by molar-refractivity contribution is -0.141. The Morgan fingerprint density at radius 3 is 2.47 bits per heavy atom. The molecule has 3 rings (SSSR count). The lowest BCUT2D eigenvalue weighted by Gasteiger charge is -2.15. The maximum Gasteiger partial charge on any atom is 0.311 e. The second-order valence-corrected chi connectivity index (χ2v) is 6.73. The van der Waals surface area contributed by atoms with Gasteiger partial charge >= 0.3 is 5.97 Å². The van der Waals surface area contributed by atoms with Crippen molar-refractivity contribution in [3.8, 4) is 11.3 Å². The normalized spacial score (nSPS) is 10.5. The molecule has 0 saturated heterocycles. The highest BCUT2D eigenvalue weighted by Crippen LogP contribution is 2.29. The maximum atomic E-state index is 14.8. The molecule has 4 nitrogen and oxygen atoms in total. The second-order valence-electron chi connectivity index (χ2n) is 6.24. The number of nitrogens with one attached hydrogen (secondary N) is 1. The summed E-state index contributed by atoms with van der Waals surface area (Å²) < 4.78 is 47.1. The van der Waals surface area contributed by atoms with E-state index in [1.165, 1.54) is 6.07 Å². The monoisotopic (exact) mass is 430 g/mol. The van der Waals surface area contributed by atoms with Gasteiger partial charge in [0.2, 0.25) is 0 Å². The summed E-state index contributed by atoms with van der Waals surface area (Å²) in [5, 5.41) is 2.73. The van der Waals surface area contributed by atoms with E-state index in [0.717, 1.165) is 12.1 Å². The summed E-state index contributed by atoms with van der Waals surface area (Å²) in [6.07, 6.45) is -0.268. The van der Waals surface area contributed by atoms with E-state index in [-0.39, 0.29) is 40.7 Å². The van der Waals surface area contributed by atoms with Crippen molar-refractivity contribution in [1.82, 2.24) is 4.98 Å². The van der Waals surface area contributed by atoms with Gasteiger partial charge in [0.15, 0.2) is 0 Å². The van der Waals surface area contributed by atoms with Crippen LogP contribution in [0.25, 0.3) is 11.3 Å². The van der Waals surface area contributed by atoms with E-state index in [0.29, 0.717) is 11.6 Å². The van der Waals surface area contributed by atoms with Crippen LogP contribution in [0.3, 0.4) is 0 Å². The number of hydrogen-bond acceptors (Lipinski definition) is 5. The molecule has 0 unspecified atom stereocenters. The van der Waals surface area contributed by atoms with Gasteiger partial charge < -0.3 is 10.1 Å². The lowest BCUT2D eigenvalue weighted by atomic mass is 10.1. The molecule has 0 radical (unpaired) electrons. The number of pyridine rings is 1. The van der Waals surface area contributed by atoms with Gasteiger partial charge in [0, 0.05) is 22.1 Å². The molecule has 0 saturated carbocycles. The molecule has 0 aliphatic carbocycles. The third-order valence-corrected chi connectivity index (χ3v) is 4.48. The molecular weight excluding hydrogens is 413 g/mol. The molecule has 8 heteroatoms. The van der Waals surface area contributed by atoms with Crippen LogP contribution in [0.1, 0.15) is 18.9 Å². The van der Waals surface area contributed by atoms with Crippen molar-refractivity contribution >= 4 is 34.6 Å². The fraction of sp³-hybridized carbons (Fsp3) is 0.136. The first-order valence-corrected chi connectivity index (χ1v) is 9.46. The van der Waals surface area contributed by atoms with Gasteiger partial charge in [-0.25, -0.2) is 18.2 Å². The highest BCUT2D eigenvalue weighted by Gasteiger charge is 2.20. The summed E-state index contributed by atoms with van der Waals surface area (Å²) in [5.41, 5.74) is 0.553. The van der Waals surface area contributed by atoms with E-state index >= 15 is 0 Å². The van der Waals surface area contributed by atoms with E-state index in [4.69, 9.17) is 17.0 Å². The van der Waals surface area contributed by atoms with Crippen molar-refractivity contribution in [2.45, 2.75) is 13.3 Å². The standard InChI is InChI=1S/C22H17F3N2O2S/c1-2-29-20(28)12-19(30)15-11-17(25)21(13-6-4-3-5-7-13)27-22(15)26-18-9-8-14(23)10-16(18)24/h3-11H,2,12H2,1H3,(H,26,27). The summed E-state index contributed by atoms with van der Waals surface area (Å²) >= 11 is 5.29. The SMILES string of the molecule is CCOC(=O)CC(=S)c1cc(F)c(-c2ccccc2)nc1Nc1ccc(F)cc1F. The number of nitrogens with zero attached hydrogens (tertiary/aromatic N) is 1. The van der Waals surface area contributed by atoms with Crippen LogP contribution in [0.2, 0.25) is 0 Å². The molecule has 0 amide bonds. The largest absolute Gasteiger partial charge is 0.466 e. The van der Waals surface area contributed by atoms with Crippen LogP contribution >= 0.6 is 12.2 Å². The number of ether oxygens (including phenoxy) is 1. The van der Waals surface area contributed by atoms with E-state index < -0.39 is 23.4 Å². The van der Waals surface area contributed by atoms with Crippen molar-refractivity contribution in [3.63, 3.8) is 0 Å². The van der Waals surface area contributed by atoms with Crippen LogP contribution in [0.15, 0.2) is 54.6 Å². The van der Waals surface area contributed by atoms with Crippen molar-refractivity contribution in [3.05, 3.63) is 77.6 Å². The Bertz CT molecular complexity index is 1090. The molecule has 2 aromatic carbocycles. The summed E-state index contributed by atoms with van der Waals surface area (Å²) in [7, 11) is 0. The fourth-order valence-corrected chi connectivity index (χ4v) is 3.03. The first-order chi connectivity index (χ1) is 14.4. The minimum atomic E-state index is -0.857. The van der Waals surface area contributed by atoms with Crippen LogP contribution in [-0.2, 0) is 9.53 Å². The van der Waals surface area contributed by atoms with Crippen LogP contribution in [-0.4, -0.2) is 22.4 Å². The summed E-state index contributed by atoms with van der Waals surface area (Å²) in [5.74, 6) is -2.80. The first-order valence-electron chi connectivity index (χ1n) is 9.06. The minimum absolute atomic E-state index is 0.0169. The zero-order valence-electron chi connectivity index (χ0n) is 15.9. The average Bonchev–Trinajstić information content (AvgIpc) is 2.71. The Hall–Kier alpha value is -3.26. The zero-order chi connectivity index (χ0) is 21.7. The number of hydrogen-bond donors (Lipinski definition) is 1. The predicted molar refractivity (Wildman–Crippen MR) is 112 cm³/mol. The van der Waals surface area contributed by atoms with E-state index in [1.54, 1.807) is 37.3 Å². The van der Waals surface area contributed by atoms with Gasteiger partial charge in [0.1, 0.15) is 29.0 Å². The number of benzene rings is 2. The smallest absolute Gasteiger partial charge is 0.311 e. The molecule has 0 bridgehead atoms. The molecule has 3 aromatic rings. The van der Waals surface area contributed by atoms with Gasteiger partial charge in [-0.3, -0.25) is 4.79 Å². The summed E-state index contributed by atoms with van der Waals surface area (Å²) in [6.45, 7) is 1.83. The number of carbonyl (C=O) groups excluding carboxylic acids is 1. The van der Waals surface area contributed by atoms with Crippen molar-refractivity contribution in [1.29, 1.82) is 0 Å². The van der Waals surface area contributed by atoms with Gasteiger partial charge in [-0.15, -0.1) is 0 Å². The molecule has 0 spiro atoms. The molecule has 1 aromatic heterocycles. The molecule has 0 atom stereocenters. The molecule has 1 heterocycles. The minimum Gasteiger partial charge on any atom is -0.466 e. The topological polar surface area (TPSA) is 51.2 Å². The Balaban J connectivity index is 2.07. The van der Waals surface area contributed by atoms with E-state index in [1.807, 2.05) is 0 Å². The average molecular weight is 430 g/mol. The zero-order valence-corrected chi connectivity index (χ0v) is 16.7. The van der Waals surface area contributed by atoms with Crippen LogP contribution in [0.4, 0.5) is 24.7 Å². The fourth-order valence-electron chi connectivity index (χ4n) is 2.75. The Morgan fingerprint density at radius 2 is 1.80 bits per heavy atom. The van der Waals surface area contributed by atoms with Crippen LogP contribution in [0, 0.1) is 17.5 Å². The third-order valence-electron chi connectivity index (χ3n) is 4.12. The molecule has 154 valence electrons. The van der Waals surface area contributed by atoms with Gasteiger partial charge in [0.05, 0.1) is 18.7 Å². The highest BCUT2D eigenvalue weighted by atomic mass is 32.1. The Labute approximate surface area is 176 Å². The van der Waals surface area contributed by atoms with Crippen molar-refractivity contribution in [2.24, 2.45) is 0 Å². The number of carbonyl (C=O) groups is 1. The molecule has 1 N–H and O–H groups in total. The number of esters is 1. The van der Waals surface area contributed by atoms with Crippen molar-refractivity contribution < 1.29 is 22.7 Å². The summed E-state index contributed by atoms with van der Waals surface area (Å²) in [6, 6.07) is 12.7. The number of aromatic nitrogens is 1. The Kier molecular flexibility index (Phi) is 6.79. The van der Waals surface area contributed by atoms with Gasteiger partial charge in [-0.1, -0.05) is 42.5 Å². The van der Waals surface area contributed by atoms with Crippen molar-refractivity contribution in [2.75, 3.05) is 11.9 Å². The number of halogens is 3. The quantitative estimate of drug-likeness (QED) is 0.301. The highest BCUT2D eigenvalue weighted by molar-refractivity contribution is 7.81. The van der Waals surface area contributed by atoms with E-state index in [9.17, 15) is 18.0 Å². The summed E-state index contributed by atoms with van der Waals surface area (Å²) in [4.78, 5) is 16.2. The van der Waals surface area contributed by atoms with Gasteiger partial charge in [0.25, 0.3) is 0 Å². The predicted octanol–water partition coefficient (Wildman–Crippen LogP) is 5.58. The molecule has 0 aliphatic heterocycles. The maximum absolute atomic E-state index is 14.8.